The van der Waals surface area contributed by atoms with Gasteiger partial charge < -0.3 is 0 Å². The molecule has 0 spiro atoms. The number of hydrogen-bond donors (Lipinski definition) is 2. The van der Waals surface area contributed by atoms with E-state index < -0.39 is 20.2 Å². The molecule has 2 rings (SSSR count). The predicted molar refractivity (Wildman–Crippen MR) is 89.2 cm³/mol. The molecule has 0 radical (unpaired) electrons. The molecule has 2 aromatic carbocycles. The van der Waals surface area contributed by atoms with Crippen LogP contribution < -0.4 is 0 Å². The average Bonchev–Trinajstić information content (AvgIpc) is 2.51. The van der Waals surface area contributed by atoms with Gasteiger partial charge in [-0.05, 0) is 61.1 Å². The highest BCUT2D eigenvalue weighted by atomic mass is 32.2. The van der Waals surface area contributed by atoms with Crippen LogP contribution in [0.4, 0.5) is 0 Å². The lowest BCUT2D eigenvalue weighted by Gasteiger charge is -2.04. The summed E-state index contributed by atoms with van der Waals surface area (Å²) in [6.45, 7) is 0. The Balaban J connectivity index is 1.83. The fraction of sp³-hybridized carbons (Fsp3) is 0.250. The molecule has 0 fully saturated rings. The third kappa shape index (κ3) is 5.41. The summed E-state index contributed by atoms with van der Waals surface area (Å²) < 4.78 is 61.6. The summed E-state index contributed by atoms with van der Waals surface area (Å²) >= 11 is 0. The maximum absolute atomic E-state index is 10.9. The molecule has 24 heavy (non-hydrogen) atoms. The van der Waals surface area contributed by atoms with Crippen LogP contribution in [0.3, 0.4) is 0 Å². The molecule has 0 unspecified atom stereocenters. The maximum Gasteiger partial charge on any atom is 0.294 e. The summed E-state index contributed by atoms with van der Waals surface area (Å²) in [5.41, 5.74) is 1.95. The van der Waals surface area contributed by atoms with Crippen molar-refractivity contribution in [3.8, 4) is 0 Å². The van der Waals surface area contributed by atoms with Crippen LogP contribution in [0.25, 0.3) is 0 Å². The normalized spacial score (nSPS) is 12.2. The molecule has 0 bridgehead atoms. The van der Waals surface area contributed by atoms with Crippen molar-refractivity contribution < 1.29 is 25.9 Å². The van der Waals surface area contributed by atoms with Gasteiger partial charge in [0.2, 0.25) is 0 Å². The van der Waals surface area contributed by atoms with Gasteiger partial charge in [-0.2, -0.15) is 16.8 Å². The quantitative estimate of drug-likeness (QED) is 0.573. The highest BCUT2D eigenvalue weighted by Crippen LogP contribution is 2.15. The van der Waals surface area contributed by atoms with Gasteiger partial charge in [0.05, 0.1) is 9.79 Å². The number of aryl methyl sites for hydroxylation is 2. The van der Waals surface area contributed by atoms with Gasteiger partial charge in [0, 0.05) is 0 Å². The Morgan fingerprint density at radius 1 is 0.583 bits per heavy atom. The minimum Gasteiger partial charge on any atom is -0.282 e. The second kappa shape index (κ2) is 7.43. The first kappa shape index (κ1) is 18.6. The largest absolute Gasteiger partial charge is 0.294 e. The van der Waals surface area contributed by atoms with Crippen LogP contribution in [0, 0.1) is 0 Å². The Bertz CT molecular complexity index is 805. The average molecular weight is 370 g/mol. The lowest BCUT2D eigenvalue weighted by molar-refractivity contribution is 0.481. The minimum atomic E-state index is -4.16. The second-order valence-corrected chi connectivity index (χ2v) is 8.29. The zero-order valence-electron chi connectivity index (χ0n) is 12.8. The third-order valence-corrected chi connectivity index (χ3v) is 5.36. The summed E-state index contributed by atoms with van der Waals surface area (Å²) in [5, 5.41) is 0. The molecule has 0 amide bonds. The fourth-order valence-electron chi connectivity index (χ4n) is 2.31. The van der Waals surface area contributed by atoms with Gasteiger partial charge >= 0.3 is 0 Å². The van der Waals surface area contributed by atoms with Gasteiger partial charge in [0.1, 0.15) is 0 Å². The molecule has 0 saturated heterocycles. The molecule has 0 aromatic heterocycles. The van der Waals surface area contributed by atoms with Crippen LogP contribution in [0.2, 0.25) is 0 Å². The van der Waals surface area contributed by atoms with Gasteiger partial charge in [-0.1, -0.05) is 24.3 Å². The fourth-order valence-corrected chi connectivity index (χ4v) is 3.27. The molecule has 0 saturated carbocycles. The molecule has 8 heteroatoms. The Kier molecular flexibility index (Phi) is 5.76. The Labute approximate surface area is 141 Å². The second-order valence-electron chi connectivity index (χ2n) is 5.45. The number of hydrogen-bond acceptors (Lipinski definition) is 4. The molecule has 2 aromatic rings. The molecule has 0 heterocycles. The van der Waals surface area contributed by atoms with Crippen molar-refractivity contribution >= 4 is 20.2 Å². The number of rotatable bonds is 7. The first-order valence-electron chi connectivity index (χ1n) is 7.29. The lowest BCUT2D eigenvalue weighted by atomic mass is 10.0. The van der Waals surface area contributed by atoms with E-state index in [1.54, 1.807) is 24.3 Å². The minimum absolute atomic E-state index is 0.120. The maximum atomic E-state index is 10.9. The van der Waals surface area contributed by atoms with Crippen molar-refractivity contribution in [2.45, 2.75) is 35.5 Å². The summed E-state index contributed by atoms with van der Waals surface area (Å²) in [7, 11) is -8.31. The van der Waals surface area contributed by atoms with Crippen molar-refractivity contribution in [3.63, 3.8) is 0 Å². The van der Waals surface area contributed by atoms with Crippen LogP contribution in [-0.2, 0) is 33.1 Å². The zero-order valence-corrected chi connectivity index (χ0v) is 14.4. The summed E-state index contributed by atoms with van der Waals surface area (Å²) in [4.78, 5) is -0.240. The smallest absolute Gasteiger partial charge is 0.282 e. The zero-order chi connectivity index (χ0) is 17.8. The van der Waals surface area contributed by atoms with E-state index in [0.29, 0.717) is 0 Å². The van der Waals surface area contributed by atoms with E-state index in [4.69, 9.17) is 9.11 Å². The van der Waals surface area contributed by atoms with Crippen molar-refractivity contribution in [1.82, 2.24) is 0 Å². The Morgan fingerprint density at radius 2 is 0.875 bits per heavy atom. The highest BCUT2D eigenvalue weighted by Gasteiger charge is 2.09. The molecule has 0 aliphatic heterocycles. The van der Waals surface area contributed by atoms with Crippen molar-refractivity contribution in [2.24, 2.45) is 0 Å². The van der Waals surface area contributed by atoms with Crippen LogP contribution in [-0.4, -0.2) is 25.9 Å². The Hall–Kier alpha value is -1.74. The van der Waals surface area contributed by atoms with Crippen molar-refractivity contribution in [2.75, 3.05) is 0 Å². The van der Waals surface area contributed by atoms with Crippen LogP contribution in [0.5, 0.6) is 0 Å². The van der Waals surface area contributed by atoms with E-state index in [2.05, 4.69) is 0 Å². The van der Waals surface area contributed by atoms with Gasteiger partial charge in [0.15, 0.2) is 0 Å². The van der Waals surface area contributed by atoms with Gasteiger partial charge in [-0.3, -0.25) is 9.11 Å². The van der Waals surface area contributed by atoms with Crippen molar-refractivity contribution in [1.29, 1.82) is 0 Å². The molecular weight excluding hydrogens is 352 g/mol. The molecule has 0 atom stereocenters. The van der Waals surface area contributed by atoms with E-state index in [1.165, 1.54) is 24.3 Å². The molecule has 0 aliphatic rings. The van der Waals surface area contributed by atoms with Crippen LogP contribution in [0.15, 0.2) is 58.3 Å². The standard InChI is InChI=1S/C16H18O6S2/c17-23(18,19)15-9-5-13(6-10-15)3-1-2-4-14-7-11-16(12-8-14)24(20,21)22/h5-12H,1-4H2,(H,17,18,19)(H,20,21,22). The molecule has 130 valence electrons. The highest BCUT2D eigenvalue weighted by molar-refractivity contribution is 7.86. The van der Waals surface area contributed by atoms with Gasteiger partial charge in [-0.25, -0.2) is 0 Å². The lowest BCUT2D eigenvalue weighted by Crippen LogP contribution is -1.98. The monoisotopic (exact) mass is 370 g/mol. The number of unbranched alkanes of at least 4 members (excludes halogenated alkanes) is 1. The van der Waals surface area contributed by atoms with E-state index in [0.717, 1.165) is 36.8 Å². The van der Waals surface area contributed by atoms with E-state index in [9.17, 15) is 16.8 Å². The Morgan fingerprint density at radius 3 is 1.12 bits per heavy atom. The third-order valence-electron chi connectivity index (χ3n) is 3.62. The summed E-state index contributed by atoms with van der Waals surface area (Å²) in [6.07, 6.45) is 3.31. The molecule has 6 nitrogen and oxygen atoms in total. The topological polar surface area (TPSA) is 109 Å². The first-order chi connectivity index (χ1) is 11.2. The van der Waals surface area contributed by atoms with E-state index >= 15 is 0 Å². The summed E-state index contributed by atoms with van der Waals surface area (Å²) in [5.74, 6) is 0. The first-order valence-corrected chi connectivity index (χ1v) is 10.2. The van der Waals surface area contributed by atoms with E-state index in [-0.39, 0.29) is 9.79 Å². The number of benzene rings is 2. The van der Waals surface area contributed by atoms with Crippen molar-refractivity contribution in [3.05, 3.63) is 59.7 Å². The van der Waals surface area contributed by atoms with Crippen LogP contribution >= 0.6 is 0 Å². The van der Waals surface area contributed by atoms with Gasteiger partial charge in [-0.15, -0.1) is 0 Å². The molecule has 2 N–H and O–H groups in total. The van der Waals surface area contributed by atoms with Crippen LogP contribution in [0.1, 0.15) is 24.0 Å². The summed E-state index contributed by atoms with van der Waals surface area (Å²) in [6, 6.07) is 12.2. The SMILES string of the molecule is O=S(=O)(O)c1ccc(CCCCc2ccc(S(=O)(=O)O)cc2)cc1. The predicted octanol–water partition coefficient (Wildman–Crippen LogP) is 2.75. The van der Waals surface area contributed by atoms with E-state index in [1.807, 2.05) is 0 Å². The van der Waals surface area contributed by atoms with Gasteiger partial charge in [0.25, 0.3) is 20.2 Å². The molecule has 0 aliphatic carbocycles. The molecular formula is C16H18O6S2.